The molecule has 0 bridgehead atoms. The molecule has 0 saturated heterocycles. The Morgan fingerprint density at radius 1 is 0.308 bits per heavy atom. The minimum atomic E-state index is 0.610. The molecule has 3 heterocycles. The molecule has 0 N–H and O–H groups in total. The van der Waals surface area contributed by atoms with Gasteiger partial charge in [-0.05, 0) is 63.0 Å². The van der Waals surface area contributed by atoms with Gasteiger partial charge in [0.15, 0.2) is 17.5 Å². The van der Waals surface area contributed by atoms with Crippen LogP contribution < -0.4 is 0 Å². The number of para-hydroxylation sites is 2. The molecular formula is C47H27N3O2. The maximum Gasteiger partial charge on any atom is 0.164 e. The maximum absolute atomic E-state index is 6.26. The van der Waals surface area contributed by atoms with Gasteiger partial charge in [-0.2, -0.15) is 0 Å². The largest absolute Gasteiger partial charge is 0.456 e. The van der Waals surface area contributed by atoms with Crippen LogP contribution in [0.3, 0.4) is 0 Å². The molecule has 52 heavy (non-hydrogen) atoms. The van der Waals surface area contributed by atoms with E-state index in [-0.39, 0.29) is 0 Å². The Balaban J connectivity index is 1.14. The van der Waals surface area contributed by atoms with Gasteiger partial charge in [-0.25, -0.2) is 15.0 Å². The van der Waals surface area contributed by atoms with Gasteiger partial charge < -0.3 is 8.83 Å². The van der Waals surface area contributed by atoms with Crippen molar-refractivity contribution >= 4 is 65.4 Å². The Hall–Kier alpha value is -7.11. The first-order valence-electron chi connectivity index (χ1n) is 17.4. The Labute approximate surface area is 297 Å². The monoisotopic (exact) mass is 665 g/mol. The van der Waals surface area contributed by atoms with Gasteiger partial charge in [0.05, 0.1) is 0 Å². The van der Waals surface area contributed by atoms with E-state index in [0.717, 1.165) is 93.2 Å². The zero-order valence-electron chi connectivity index (χ0n) is 27.7. The smallest absolute Gasteiger partial charge is 0.164 e. The molecule has 0 fully saturated rings. The molecule has 0 aliphatic carbocycles. The number of nitrogens with zero attached hydrogens (tertiary/aromatic N) is 3. The van der Waals surface area contributed by atoms with Crippen LogP contribution in [0.25, 0.3) is 111 Å². The number of rotatable bonds is 4. The summed E-state index contributed by atoms with van der Waals surface area (Å²) in [6.07, 6.45) is 0. The predicted molar refractivity (Wildman–Crippen MR) is 211 cm³/mol. The summed E-state index contributed by atoms with van der Waals surface area (Å²) >= 11 is 0. The van der Waals surface area contributed by atoms with E-state index >= 15 is 0 Å². The highest BCUT2D eigenvalue weighted by molar-refractivity contribution is 6.19. The molecule has 0 amide bonds. The molecular weight excluding hydrogens is 639 g/mol. The maximum atomic E-state index is 6.26. The van der Waals surface area contributed by atoms with Crippen LogP contribution in [0, 0.1) is 0 Å². The average molecular weight is 666 g/mol. The molecule has 11 rings (SSSR count). The minimum Gasteiger partial charge on any atom is -0.456 e. The molecule has 0 aliphatic heterocycles. The first kappa shape index (κ1) is 28.7. The number of fused-ring (bicyclic) bond motifs is 9. The van der Waals surface area contributed by atoms with Crippen molar-refractivity contribution < 1.29 is 8.83 Å². The van der Waals surface area contributed by atoms with Crippen LogP contribution in [0.2, 0.25) is 0 Å². The lowest BCUT2D eigenvalue weighted by Crippen LogP contribution is -2.00. The SMILES string of the molecule is c1ccc(-c2nc(-c3ccc4ccc5oc6ccccc6c5c4c3)nc(-c3cccc4c(-c5cccc6oc7ccccc7c56)cccc34)n2)cc1. The van der Waals surface area contributed by atoms with E-state index in [2.05, 4.69) is 103 Å². The minimum absolute atomic E-state index is 0.610. The molecule has 11 aromatic rings. The van der Waals surface area contributed by atoms with Gasteiger partial charge in [-0.15, -0.1) is 0 Å². The molecule has 3 aromatic heterocycles. The fourth-order valence-electron chi connectivity index (χ4n) is 7.76. The van der Waals surface area contributed by atoms with Gasteiger partial charge in [-0.1, -0.05) is 133 Å². The highest BCUT2D eigenvalue weighted by Crippen LogP contribution is 2.41. The number of benzene rings is 8. The second-order valence-corrected chi connectivity index (χ2v) is 13.1. The third-order valence-corrected chi connectivity index (χ3v) is 10.1. The van der Waals surface area contributed by atoms with Crippen LogP contribution in [0.15, 0.2) is 173 Å². The summed E-state index contributed by atoms with van der Waals surface area (Å²) in [5.41, 5.74) is 8.51. The molecule has 5 nitrogen and oxygen atoms in total. The zero-order valence-corrected chi connectivity index (χ0v) is 27.7. The highest BCUT2D eigenvalue weighted by atomic mass is 16.3. The van der Waals surface area contributed by atoms with Gasteiger partial charge in [0.2, 0.25) is 0 Å². The predicted octanol–water partition coefficient (Wildman–Crippen LogP) is 12.6. The van der Waals surface area contributed by atoms with E-state index in [1.165, 1.54) is 0 Å². The van der Waals surface area contributed by atoms with Crippen molar-refractivity contribution in [3.63, 3.8) is 0 Å². The third-order valence-electron chi connectivity index (χ3n) is 10.1. The highest BCUT2D eigenvalue weighted by Gasteiger charge is 2.19. The molecule has 0 saturated carbocycles. The summed E-state index contributed by atoms with van der Waals surface area (Å²) in [7, 11) is 0. The van der Waals surface area contributed by atoms with E-state index in [0.29, 0.717) is 17.5 Å². The Bertz CT molecular complexity index is 3190. The van der Waals surface area contributed by atoms with Crippen LogP contribution in [0.1, 0.15) is 0 Å². The van der Waals surface area contributed by atoms with Gasteiger partial charge >= 0.3 is 0 Å². The van der Waals surface area contributed by atoms with Crippen molar-refractivity contribution in [3.05, 3.63) is 164 Å². The molecule has 8 aromatic carbocycles. The van der Waals surface area contributed by atoms with Crippen molar-refractivity contribution in [2.75, 3.05) is 0 Å². The van der Waals surface area contributed by atoms with Crippen LogP contribution >= 0.6 is 0 Å². The first-order valence-corrected chi connectivity index (χ1v) is 17.4. The Morgan fingerprint density at radius 3 is 1.63 bits per heavy atom. The average Bonchev–Trinajstić information content (AvgIpc) is 3.79. The molecule has 0 atom stereocenters. The first-order chi connectivity index (χ1) is 25.8. The van der Waals surface area contributed by atoms with Crippen LogP contribution in [-0.2, 0) is 0 Å². The van der Waals surface area contributed by atoms with Crippen LogP contribution in [0.5, 0.6) is 0 Å². The lowest BCUT2D eigenvalue weighted by molar-refractivity contribution is 0.668. The molecule has 242 valence electrons. The molecule has 5 heteroatoms. The third kappa shape index (κ3) is 4.39. The Morgan fingerprint density at radius 2 is 0.846 bits per heavy atom. The summed E-state index contributed by atoms with van der Waals surface area (Å²) in [6.45, 7) is 0. The van der Waals surface area contributed by atoms with Gasteiger partial charge in [-0.3, -0.25) is 0 Å². The lowest BCUT2D eigenvalue weighted by atomic mass is 9.93. The number of furan rings is 2. The quantitative estimate of drug-likeness (QED) is 0.187. The van der Waals surface area contributed by atoms with Crippen molar-refractivity contribution in [3.8, 4) is 45.3 Å². The van der Waals surface area contributed by atoms with Crippen molar-refractivity contribution in [1.82, 2.24) is 15.0 Å². The number of hydrogen-bond acceptors (Lipinski definition) is 5. The van der Waals surface area contributed by atoms with Crippen LogP contribution in [-0.4, -0.2) is 15.0 Å². The number of aromatic nitrogens is 3. The fraction of sp³-hybridized carbons (Fsp3) is 0. The normalized spacial score (nSPS) is 11.8. The number of hydrogen-bond donors (Lipinski definition) is 0. The standard InChI is InChI=1S/C47H27N3O2/c1-2-11-29(12-3-1)45-48-46(30-24-23-28-25-26-42-44(38(28)27-30)37-14-5-7-21-40(37)52-42)50-47(49-45)35-19-9-15-31-32(16-8-17-33(31)35)34-18-10-22-41-43(34)36-13-4-6-20-39(36)51-41/h1-27H. The summed E-state index contributed by atoms with van der Waals surface area (Å²) in [5.74, 6) is 1.85. The summed E-state index contributed by atoms with van der Waals surface area (Å²) in [4.78, 5) is 15.4. The Kier molecular flexibility index (Phi) is 6.18. The van der Waals surface area contributed by atoms with Crippen molar-refractivity contribution in [2.24, 2.45) is 0 Å². The van der Waals surface area contributed by atoms with E-state index in [1.54, 1.807) is 0 Å². The van der Waals surface area contributed by atoms with Crippen molar-refractivity contribution in [1.29, 1.82) is 0 Å². The van der Waals surface area contributed by atoms with Gasteiger partial charge in [0, 0.05) is 38.2 Å². The molecule has 0 aliphatic rings. The van der Waals surface area contributed by atoms with E-state index < -0.39 is 0 Å². The van der Waals surface area contributed by atoms with E-state index in [9.17, 15) is 0 Å². The van der Waals surface area contributed by atoms with E-state index in [4.69, 9.17) is 23.8 Å². The van der Waals surface area contributed by atoms with Gasteiger partial charge in [0.1, 0.15) is 22.3 Å². The summed E-state index contributed by atoms with van der Waals surface area (Å²) < 4.78 is 12.5. The molecule has 0 radical (unpaired) electrons. The van der Waals surface area contributed by atoms with Crippen LogP contribution in [0.4, 0.5) is 0 Å². The lowest BCUT2D eigenvalue weighted by Gasteiger charge is -2.13. The fourth-order valence-corrected chi connectivity index (χ4v) is 7.76. The van der Waals surface area contributed by atoms with E-state index in [1.807, 2.05) is 60.7 Å². The topological polar surface area (TPSA) is 65.0 Å². The summed E-state index contributed by atoms with van der Waals surface area (Å²) in [5, 5.41) is 8.79. The zero-order chi connectivity index (χ0) is 34.2. The molecule has 0 unspecified atom stereocenters. The van der Waals surface area contributed by atoms with Gasteiger partial charge in [0.25, 0.3) is 0 Å². The van der Waals surface area contributed by atoms with Crippen molar-refractivity contribution in [2.45, 2.75) is 0 Å². The molecule has 0 spiro atoms. The second-order valence-electron chi connectivity index (χ2n) is 13.1. The summed E-state index contributed by atoms with van der Waals surface area (Å²) in [6, 6.07) is 56.3. The second kappa shape index (κ2) is 11.2.